The number of carbonyl (C=O) groups excluding carboxylic acids is 1. The maximum absolute atomic E-state index is 13.0. The van der Waals surface area contributed by atoms with Crippen LogP contribution in [0, 0.1) is 12.8 Å². The van der Waals surface area contributed by atoms with Crippen molar-refractivity contribution in [1.82, 2.24) is 9.71 Å². The van der Waals surface area contributed by atoms with E-state index >= 15 is 0 Å². The van der Waals surface area contributed by atoms with Crippen LogP contribution in [0.2, 0.25) is 0 Å². The summed E-state index contributed by atoms with van der Waals surface area (Å²) in [6.45, 7) is 5.51. The van der Waals surface area contributed by atoms with Gasteiger partial charge in [0.2, 0.25) is 15.9 Å². The predicted octanol–water partition coefficient (Wildman–Crippen LogP) is 3.48. The van der Waals surface area contributed by atoms with Gasteiger partial charge in [-0.2, -0.15) is 4.72 Å². The van der Waals surface area contributed by atoms with E-state index in [2.05, 4.69) is 15.0 Å². The van der Waals surface area contributed by atoms with Crippen LogP contribution in [0.1, 0.15) is 19.4 Å². The summed E-state index contributed by atoms with van der Waals surface area (Å²) in [5.41, 5.74) is 2.00. The normalized spacial score (nSPS) is 12.9. The number of sulfonamides is 1. The molecule has 0 radical (unpaired) electrons. The van der Waals surface area contributed by atoms with Gasteiger partial charge in [0.25, 0.3) is 0 Å². The van der Waals surface area contributed by atoms with E-state index in [4.69, 9.17) is 0 Å². The number of benzene rings is 2. The highest BCUT2D eigenvalue weighted by Gasteiger charge is 2.29. The Hall–Kier alpha value is -2.77. The average molecular weight is 398 g/mol. The maximum Gasteiger partial charge on any atom is 0.243 e. The monoisotopic (exact) mass is 397 g/mol. The first-order valence-corrected chi connectivity index (χ1v) is 10.5. The standard InChI is InChI=1S/C21H23N3O3S/c1-14(2)19(21(25)23-17-10-4-7-15(3)13-17)24-28(26,27)18-11-5-8-16-9-6-12-22-20(16)18/h4-14,19,24H,1-3H3,(H,23,25). The summed E-state index contributed by atoms with van der Waals surface area (Å²) in [4.78, 5) is 17.0. The molecule has 6 nitrogen and oxygen atoms in total. The van der Waals surface area contributed by atoms with E-state index < -0.39 is 22.0 Å². The third-order valence-electron chi connectivity index (χ3n) is 4.40. The minimum Gasteiger partial charge on any atom is -0.325 e. The van der Waals surface area contributed by atoms with Gasteiger partial charge in [-0.05, 0) is 42.7 Å². The number of hydrogen-bond acceptors (Lipinski definition) is 4. The summed E-state index contributed by atoms with van der Waals surface area (Å²) in [6, 6.07) is 14.9. The minimum atomic E-state index is -3.95. The SMILES string of the molecule is Cc1cccc(NC(=O)C(NS(=O)(=O)c2cccc3cccnc23)C(C)C)c1. The van der Waals surface area contributed by atoms with Gasteiger partial charge < -0.3 is 5.32 Å². The van der Waals surface area contributed by atoms with Crippen LogP contribution >= 0.6 is 0 Å². The van der Waals surface area contributed by atoms with E-state index in [0.717, 1.165) is 10.9 Å². The Kier molecular flexibility index (Phi) is 5.76. The number of aryl methyl sites for hydroxylation is 1. The Bertz CT molecular complexity index is 1110. The molecule has 3 aromatic rings. The Morgan fingerprint density at radius 2 is 1.75 bits per heavy atom. The maximum atomic E-state index is 13.0. The Morgan fingerprint density at radius 3 is 2.46 bits per heavy atom. The average Bonchev–Trinajstić information content (AvgIpc) is 2.65. The molecule has 146 valence electrons. The van der Waals surface area contributed by atoms with E-state index in [9.17, 15) is 13.2 Å². The van der Waals surface area contributed by atoms with Gasteiger partial charge in [-0.1, -0.05) is 44.2 Å². The molecule has 1 heterocycles. The summed E-state index contributed by atoms with van der Waals surface area (Å²) in [5, 5.41) is 3.51. The van der Waals surface area contributed by atoms with Gasteiger partial charge in [0.15, 0.2) is 0 Å². The highest BCUT2D eigenvalue weighted by molar-refractivity contribution is 7.89. The topological polar surface area (TPSA) is 88.2 Å². The van der Waals surface area contributed by atoms with Gasteiger partial charge in [-0.3, -0.25) is 9.78 Å². The molecule has 2 aromatic carbocycles. The predicted molar refractivity (Wildman–Crippen MR) is 110 cm³/mol. The molecule has 0 saturated carbocycles. The lowest BCUT2D eigenvalue weighted by atomic mass is 10.0. The molecule has 1 unspecified atom stereocenters. The quantitative estimate of drug-likeness (QED) is 0.666. The second-order valence-corrected chi connectivity index (χ2v) is 8.72. The van der Waals surface area contributed by atoms with Gasteiger partial charge in [0.05, 0.1) is 5.52 Å². The number of rotatable bonds is 6. The van der Waals surface area contributed by atoms with Crippen LogP contribution in [0.25, 0.3) is 10.9 Å². The van der Waals surface area contributed by atoms with E-state index in [1.807, 2.05) is 25.1 Å². The van der Waals surface area contributed by atoms with Crippen molar-refractivity contribution in [2.24, 2.45) is 5.92 Å². The molecule has 0 aliphatic heterocycles. The number of aromatic nitrogens is 1. The molecule has 0 fully saturated rings. The van der Waals surface area contributed by atoms with Crippen LogP contribution in [0.3, 0.4) is 0 Å². The van der Waals surface area contributed by atoms with Crippen molar-refractivity contribution < 1.29 is 13.2 Å². The number of fused-ring (bicyclic) bond motifs is 1. The van der Waals surface area contributed by atoms with Gasteiger partial charge in [-0.15, -0.1) is 0 Å². The molecular formula is C21H23N3O3S. The van der Waals surface area contributed by atoms with E-state index in [1.165, 1.54) is 6.07 Å². The first kappa shape index (κ1) is 20.0. The smallest absolute Gasteiger partial charge is 0.243 e. The van der Waals surface area contributed by atoms with Crippen LogP contribution in [0.15, 0.2) is 65.7 Å². The second-order valence-electron chi connectivity index (χ2n) is 7.03. The van der Waals surface area contributed by atoms with E-state index in [1.54, 1.807) is 50.4 Å². The lowest BCUT2D eigenvalue weighted by molar-refractivity contribution is -0.118. The lowest BCUT2D eigenvalue weighted by Crippen LogP contribution is -2.47. The zero-order valence-corrected chi connectivity index (χ0v) is 16.8. The number of hydrogen-bond donors (Lipinski definition) is 2. The number of amides is 1. The van der Waals surface area contributed by atoms with Gasteiger partial charge in [0, 0.05) is 17.3 Å². The van der Waals surface area contributed by atoms with Gasteiger partial charge in [-0.25, -0.2) is 8.42 Å². The number of carbonyl (C=O) groups is 1. The van der Waals surface area contributed by atoms with Crippen molar-refractivity contribution >= 4 is 32.5 Å². The van der Waals surface area contributed by atoms with Crippen LogP contribution < -0.4 is 10.0 Å². The first-order chi connectivity index (χ1) is 13.3. The van der Waals surface area contributed by atoms with E-state index in [0.29, 0.717) is 11.2 Å². The fourth-order valence-corrected chi connectivity index (χ4v) is 4.48. The largest absolute Gasteiger partial charge is 0.325 e. The zero-order valence-electron chi connectivity index (χ0n) is 16.0. The van der Waals surface area contributed by atoms with Gasteiger partial charge >= 0.3 is 0 Å². The van der Waals surface area contributed by atoms with E-state index in [-0.39, 0.29) is 10.8 Å². The van der Waals surface area contributed by atoms with Crippen molar-refractivity contribution in [3.8, 4) is 0 Å². The van der Waals surface area contributed by atoms with Crippen molar-refractivity contribution in [3.05, 3.63) is 66.4 Å². The first-order valence-electron chi connectivity index (χ1n) is 9.01. The molecule has 0 bridgehead atoms. The Labute approximate surface area is 165 Å². The fraction of sp³-hybridized carbons (Fsp3) is 0.238. The number of pyridine rings is 1. The van der Waals surface area contributed by atoms with Crippen molar-refractivity contribution in [2.75, 3.05) is 5.32 Å². The third-order valence-corrected chi connectivity index (χ3v) is 5.87. The molecular weight excluding hydrogens is 374 g/mol. The summed E-state index contributed by atoms with van der Waals surface area (Å²) >= 11 is 0. The summed E-state index contributed by atoms with van der Waals surface area (Å²) in [5.74, 6) is -0.653. The molecule has 2 N–H and O–H groups in total. The lowest BCUT2D eigenvalue weighted by Gasteiger charge is -2.22. The molecule has 0 aliphatic carbocycles. The number of para-hydroxylation sites is 1. The Morgan fingerprint density at radius 1 is 1.04 bits per heavy atom. The van der Waals surface area contributed by atoms with Crippen LogP contribution in [-0.2, 0) is 14.8 Å². The summed E-state index contributed by atoms with van der Waals surface area (Å²) in [6.07, 6.45) is 1.55. The van der Waals surface area contributed by atoms with Crippen LogP contribution in [-0.4, -0.2) is 25.4 Å². The molecule has 0 saturated heterocycles. The molecule has 7 heteroatoms. The highest BCUT2D eigenvalue weighted by Crippen LogP contribution is 2.22. The van der Waals surface area contributed by atoms with Crippen LogP contribution in [0.5, 0.6) is 0 Å². The Balaban J connectivity index is 1.89. The summed E-state index contributed by atoms with van der Waals surface area (Å²) < 4.78 is 28.6. The summed E-state index contributed by atoms with van der Waals surface area (Å²) in [7, 11) is -3.95. The highest BCUT2D eigenvalue weighted by atomic mass is 32.2. The molecule has 28 heavy (non-hydrogen) atoms. The van der Waals surface area contributed by atoms with Gasteiger partial charge in [0.1, 0.15) is 10.9 Å². The second kappa shape index (κ2) is 8.08. The fourth-order valence-electron chi connectivity index (χ4n) is 2.96. The number of anilines is 1. The molecule has 1 amide bonds. The molecule has 0 spiro atoms. The number of nitrogens with one attached hydrogen (secondary N) is 2. The molecule has 1 atom stereocenters. The van der Waals surface area contributed by atoms with Crippen molar-refractivity contribution in [3.63, 3.8) is 0 Å². The number of nitrogens with zero attached hydrogens (tertiary/aromatic N) is 1. The molecule has 3 rings (SSSR count). The zero-order chi connectivity index (χ0) is 20.3. The molecule has 0 aliphatic rings. The van der Waals surface area contributed by atoms with Crippen molar-refractivity contribution in [2.45, 2.75) is 31.7 Å². The van der Waals surface area contributed by atoms with Crippen LogP contribution in [0.4, 0.5) is 5.69 Å². The third kappa shape index (κ3) is 4.37. The minimum absolute atomic E-state index is 0.0552. The molecule has 1 aromatic heterocycles. The van der Waals surface area contributed by atoms with Crippen molar-refractivity contribution in [1.29, 1.82) is 0 Å².